The van der Waals surface area contributed by atoms with Gasteiger partial charge in [-0.2, -0.15) is 4.98 Å². The lowest BCUT2D eigenvalue weighted by Crippen LogP contribution is -2.07. The molecule has 5 nitrogen and oxygen atoms in total. The van der Waals surface area contributed by atoms with Crippen molar-refractivity contribution in [3.05, 3.63) is 71.4 Å². The molecule has 1 unspecified atom stereocenters. The number of aryl methyl sites for hydroxylation is 1. The smallest absolute Gasteiger partial charge is 0.248 e. The van der Waals surface area contributed by atoms with Crippen molar-refractivity contribution in [3.63, 3.8) is 0 Å². The summed E-state index contributed by atoms with van der Waals surface area (Å²) in [6.45, 7) is 3.80. The SMILES string of the molecule is COc1ccc(NC(C)c2nc(C)no2)cc1Cc1ccccc1. The standard InChI is InChI=1S/C19H21N3O2/c1-13(19-21-14(2)22-24-19)20-17-9-10-18(23-3)16(12-17)11-15-7-5-4-6-8-15/h4-10,12-13,20H,11H2,1-3H3. The Morgan fingerprint density at radius 1 is 1.17 bits per heavy atom. The van der Waals surface area contributed by atoms with E-state index in [0.717, 1.165) is 23.4 Å². The van der Waals surface area contributed by atoms with E-state index in [-0.39, 0.29) is 6.04 Å². The molecule has 0 spiro atoms. The minimum atomic E-state index is -0.0656. The third-order valence-corrected chi connectivity index (χ3v) is 3.81. The number of hydrogen-bond acceptors (Lipinski definition) is 5. The van der Waals surface area contributed by atoms with Crippen molar-refractivity contribution in [3.8, 4) is 5.75 Å². The Morgan fingerprint density at radius 3 is 2.62 bits per heavy atom. The Bertz CT molecular complexity index is 799. The van der Waals surface area contributed by atoms with Gasteiger partial charge in [0.15, 0.2) is 5.82 Å². The average molecular weight is 323 g/mol. The second-order valence-electron chi connectivity index (χ2n) is 5.73. The molecule has 124 valence electrons. The van der Waals surface area contributed by atoms with Crippen LogP contribution in [0.15, 0.2) is 53.1 Å². The molecule has 0 saturated heterocycles. The van der Waals surface area contributed by atoms with Crippen molar-refractivity contribution in [1.29, 1.82) is 0 Å². The highest BCUT2D eigenvalue weighted by Gasteiger charge is 2.14. The van der Waals surface area contributed by atoms with Gasteiger partial charge in [-0.25, -0.2) is 0 Å². The maximum atomic E-state index is 5.50. The van der Waals surface area contributed by atoms with Crippen molar-refractivity contribution < 1.29 is 9.26 Å². The Balaban J connectivity index is 1.80. The minimum Gasteiger partial charge on any atom is -0.496 e. The second-order valence-corrected chi connectivity index (χ2v) is 5.73. The van der Waals surface area contributed by atoms with Crippen molar-refractivity contribution >= 4 is 5.69 Å². The van der Waals surface area contributed by atoms with Crippen molar-refractivity contribution in [1.82, 2.24) is 10.1 Å². The third-order valence-electron chi connectivity index (χ3n) is 3.81. The van der Waals surface area contributed by atoms with E-state index in [0.29, 0.717) is 11.7 Å². The zero-order chi connectivity index (χ0) is 16.9. The number of ether oxygens (including phenoxy) is 1. The molecule has 0 aliphatic carbocycles. The number of anilines is 1. The van der Waals surface area contributed by atoms with Gasteiger partial charge in [-0.15, -0.1) is 0 Å². The van der Waals surface area contributed by atoms with Crippen molar-refractivity contribution in [2.45, 2.75) is 26.3 Å². The van der Waals surface area contributed by atoms with Gasteiger partial charge >= 0.3 is 0 Å². The molecule has 2 aromatic carbocycles. The molecule has 0 aliphatic rings. The van der Waals surface area contributed by atoms with Crippen LogP contribution >= 0.6 is 0 Å². The van der Waals surface area contributed by atoms with Gasteiger partial charge in [0.25, 0.3) is 0 Å². The van der Waals surface area contributed by atoms with E-state index < -0.39 is 0 Å². The molecule has 24 heavy (non-hydrogen) atoms. The predicted octanol–water partition coefficient (Wildman–Crippen LogP) is 4.15. The Labute approximate surface area is 141 Å². The first-order valence-electron chi connectivity index (χ1n) is 7.93. The molecule has 0 bridgehead atoms. The fourth-order valence-corrected chi connectivity index (χ4v) is 2.62. The molecule has 0 radical (unpaired) electrons. The normalized spacial score (nSPS) is 12.0. The second kappa shape index (κ2) is 7.17. The summed E-state index contributed by atoms with van der Waals surface area (Å²) in [6.07, 6.45) is 0.813. The third kappa shape index (κ3) is 3.74. The van der Waals surface area contributed by atoms with Crippen molar-refractivity contribution in [2.24, 2.45) is 0 Å². The molecule has 1 heterocycles. The number of benzene rings is 2. The first-order valence-corrected chi connectivity index (χ1v) is 7.93. The fourth-order valence-electron chi connectivity index (χ4n) is 2.62. The summed E-state index contributed by atoms with van der Waals surface area (Å²) in [4.78, 5) is 4.27. The molecule has 1 N–H and O–H groups in total. The lowest BCUT2D eigenvalue weighted by Gasteiger charge is -2.15. The zero-order valence-corrected chi connectivity index (χ0v) is 14.1. The lowest BCUT2D eigenvalue weighted by molar-refractivity contribution is 0.364. The maximum Gasteiger partial charge on any atom is 0.248 e. The largest absolute Gasteiger partial charge is 0.496 e. The summed E-state index contributed by atoms with van der Waals surface area (Å²) in [6, 6.07) is 16.3. The Morgan fingerprint density at radius 2 is 1.96 bits per heavy atom. The van der Waals surface area contributed by atoms with Crippen LogP contribution in [0.3, 0.4) is 0 Å². The number of rotatable bonds is 6. The summed E-state index contributed by atoms with van der Waals surface area (Å²) in [5.41, 5.74) is 3.36. The lowest BCUT2D eigenvalue weighted by atomic mass is 10.0. The fraction of sp³-hybridized carbons (Fsp3) is 0.263. The van der Waals surface area contributed by atoms with Crippen molar-refractivity contribution in [2.75, 3.05) is 12.4 Å². The van der Waals surface area contributed by atoms with Crippen LogP contribution in [0, 0.1) is 6.92 Å². The highest BCUT2D eigenvalue weighted by atomic mass is 16.5. The van der Waals surface area contributed by atoms with E-state index in [4.69, 9.17) is 9.26 Å². The predicted molar refractivity (Wildman–Crippen MR) is 93.3 cm³/mol. The average Bonchev–Trinajstić information content (AvgIpc) is 3.03. The number of aromatic nitrogens is 2. The molecule has 0 saturated carbocycles. The summed E-state index contributed by atoms with van der Waals surface area (Å²) < 4.78 is 10.7. The summed E-state index contributed by atoms with van der Waals surface area (Å²) in [5, 5.41) is 7.23. The summed E-state index contributed by atoms with van der Waals surface area (Å²) in [7, 11) is 1.70. The van der Waals surface area contributed by atoms with Crippen LogP contribution in [-0.4, -0.2) is 17.3 Å². The highest BCUT2D eigenvalue weighted by Crippen LogP contribution is 2.27. The Kier molecular flexibility index (Phi) is 4.79. The summed E-state index contributed by atoms with van der Waals surface area (Å²) in [5.74, 6) is 2.09. The van der Waals surface area contributed by atoms with E-state index in [1.165, 1.54) is 5.56 Å². The molecule has 0 amide bonds. The number of nitrogens with one attached hydrogen (secondary N) is 1. The van der Waals surface area contributed by atoms with Crippen LogP contribution in [0.5, 0.6) is 5.75 Å². The highest BCUT2D eigenvalue weighted by molar-refractivity contribution is 5.53. The summed E-state index contributed by atoms with van der Waals surface area (Å²) >= 11 is 0. The van der Waals surface area contributed by atoms with Crippen LogP contribution in [-0.2, 0) is 6.42 Å². The minimum absolute atomic E-state index is 0.0656. The first kappa shape index (κ1) is 16.1. The van der Waals surface area contributed by atoms with Crippen LogP contribution in [0.4, 0.5) is 5.69 Å². The molecular formula is C19H21N3O2. The van der Waals surface area contributed by atoms with Gasteiger partial charge in [0.1, 0.15) is 11.8 Å². The molecule has 3 aromatic rings. The van der Waals surface area contributed by atoms with Gasteiger partial charge in [-0.3, -0.25) is 0 Å². The number of hydrogen-bond donors (Lipinski definition) is 1. The monoisotopic (exact) mass is 323 g/mol. The first-order chi connectivity index (χ1) is 11.7. The topological polar surface area (TPSA) is 60.2 Å². The van der Waals surface area contributed by atoms with Gasteiger partial charge in [0.2, 0.25) is 5.89 Å². The quantitative estimate of drug-likeness (QED) is 0.738. The molecule has 5 heteroatoms. The van der Waals surface area contributed by atoms with Gasteiger partial charge in [0.05, 0.1) is 7.11 Å². The zero-order valence-electron chi connectivity index (χ0n) is 14.1. The van der Waals surface area contributed by atoms with E-state index in [2.05, 4.69) is 33.7 Å². The van der Waals surface area contributed by atoms with Gasteiger partial charge in [-0.1, -0.05) is 35.5 Å². The number of methoxy groups -OCH3 is 1. The molecular weight excluding hydrogens is 302 g/mol. The van der Waals surface area contributed by atoms with Gasteiger partial charge in [-0.05, 0) is 37.6 Å². The van der Waals surface area contributed by atoms with Crippen LogP contribution in [0.25, 0.3) is 0 Å². The molecule has 1 aromatic heterocycles. The molecule has 1 atom stereocenters. The van der Waals surface area contributed by atoms with E-state index in [1.807, 2.05) is 44.2 Å². The van der Waals surface area contributed by atoms with E-state index >= 15 is 0 Å². The molecule has 0 aliphatic heterocycles. The van der Waals surface area contributed by atoms with Crippen LogP contribution in [0.1, 0.15) is 35.8 Å². The van der Waals surface area contributed by atoms with Gasteiger partial charge in [0, 0.05) is 17.7 Å². The number of nitrogens with zero attached hydrogens (tertiary/aromatic N) is 2. The van der Waals surface area contributed by atoms with E-state index in [9.17, 15) is 0 Å². The molecule has 3 rings (SSSR count). The maximum absolute atomic E-state index is 5.50. The Hall–Kier alpha value is -2.82. The van der Waals surface area contributed by atoms with Crippen LogP contribution in [0.2, 0.25) is 0 Å². The van der Waals surface area contributed by atoms with Gasteiger partial charge < -0.3 is 14.6 Å². The van der Waals surface area contributed by atoms with E-state index in [1.54, 1.807) is 7.11 Å². The molecule has 0 fully saturated rings. The van der Waals surface area contributed by atoms with Crippen LogP contribution < -0.4 is 10.1 Å².